The highest BCUT2D eigenvalue weighted by Gasteiger charge is 2.19. The third-order valence-electron chi connectivity index (χ3n) is 4.16. The van der Waals surface area contributed by atoms with E-state index in [1.165, 1.54) is 11.1 Å². The molecule has 0 radical (unpaired) electrons. The minimum atomic E-state index is 0.615. The van der Waals surface area contributed by atoms with Gasteiger partial charge in [-0.15, -0.1) is 0 Å². The van der Waals surface area contributed by atoms with Crippen molar-refractivity contribution in [2.75, 3.05) is 37.3 Å². The normalized spacial score (nSPS) is 15.5. The number of nitrogens with zero attached hydrogens (tertiary/aromatic N) is 5. The number of rotatable bonds is 5. The first-order chi connectivity index (χ1) is 12.3. The molecule has 0 bridgehead atoms. The van der Waals surface area contributed by atoms with E-state index < -0.39 is 0 Å². The fourth-order valence-electron chi connectivity index (χ4n) is 2.85. The zero-order valence-electron chi connectivity index (χ0n) is 14.5. The molecule has 0 amide bonds. The maximum Gasteiger partial charge on any atom is 0.225 e. The highest BCUT2D eigenvalue weighted by molar-refractivity contribution is 7.97. The van der Waals surface area contributed by atoms with Crippen molar-refractivity contribution in [3.8, 4) is 0 Å². The van der Waals surface area contributed by atoms with Gasteiger partial charge in [0.05, 0.1) is 6.54 Å². The van der Waals surface area contributed by atoms with Crippen LogP contribution in [0.15, 0.2) is 47.7 Å². The van der Waals surface area contributed by atoms with Crippen LogP contribution in [0.1, 0.15) is 11.1 Å². The van der Waals surface area contributed by atoms with Crippen LogP contribution in [-0.4, -0.2) is 53.3 Å². The van der Waals surface area contributed by atoms with Gasteiger partial charge in [-0.25, -0.2) is 15.0 Å². The van der Waals surface area contributed by atoms with Crippen LogP contribution in [0.4, 0.5) is 5.95 Å². The second kappa shape index (κ2) is 8.71. The van der Waals surface area contributed by atoms with Gasteiger partial charge in [0.25, 0.3) is 0 Å². The minimum absolute atomic E-state index is 0.615. The minimum Gasteiger partial charge on any atom is -0.370 e. The molecule has 1 aromatic carbocycles. The Morgan fingerprint density at radius 3 is 2.56 bits per heavy atom. The number of thioether (sulfide) groups is 1. The summed E-state index contributed by atoms with van der Waals surface area (Å²) in [5.74, 6) is 2.42. The first-order valence-electron chi connectivity index (χ1n) is 8.40. The number of hydrogen-bond donors (Lipinski definition) is 1. The monoisotopic (exact) mass is 356 g/mol. The molecule has 2 aromatic rings. The van der Waals surface area contributed by atoms with Gasteiger partial charge >= 0.3 is 0 Å². The molecule has 0 atom stereocenters. The molecule has 0 unspecified atom stereocenters. The van der Waals surface area contributed by atoms with Crippen molar-refractivity contribution in [2.24, 2.45) is 10.7 Å². The van der Waals surface area contributed by atoms with Crippen LogP contribution in [0.3, 0.4) is 0 Å². The van der Waals surface area contributed by atoms with Crippen molar-refractivity contribution < 1.29 is 0 Å². The topological polar surface area (TPSA) is 70.6 Å². The highest BCUT2D eigenvalue weighted by atomic mass is 32.2. The van der Waals surface area contributed by atoms with Gasteiger partial charge in [0, 0.05) is 44.3 Å². The third-order valence-corrected chi connectivity index (χ3v) is 4.79. The van der Waals surface area contributed by atoms with E-state index in [2.05, 4.69) is 55.3 Å². The number of nitrogens with two attached hydrogens (primary N) is 1. The summed E-state index contributed by atoms with van der Waals surface area (Å²) in [6, 6.07) is 10.4. The molecule has 132 valence electrons. The van der Waals surface area contributed by atoms with Crippen LogP contribution >= 0.6 is 11.8 Å². The lowest BCUT2D eigenvalue weighted by molar-refractivity contribution is 0.378. The Morgan fingerprint density at radius 1 is 1.12 bits per heavy atom. The number of anilines is 1. The maximum atomic E-state index is 6.20. The molecule has 0 saturated carbocycles. The molecule has 1 fully saturated rings. The van der Waals surface area contributed by atoms with Gasteiger partial charge in [-0.3, -0.25) is 0 Å². The van der Waals surface area contributed by atoms with Gasteiger partial charge in [0.1, 0.15) is 0 Å². The smallest absolute Gasteiger partial charge is 0.225 e. The maximum absolute atomic E-state index is 6.20. The molecule has 0 aliphatic carbocycles. The fourth-order valence-corrected chi connectivity index (χ4v) is 3.36. The van der Waals surface area contributed by atoms with Gasteiger partial charge in [-0.2, -0.15) is 11.8 Å². The SMILES string of the molecule is CSCc1cccc(CN=C(N)N2CCN(c3ncccn3)CC2)c1. The highest BCUT2D eigenvalue weighted by Crippen LogP contribution is 2.13. The predicted octanol–water partition coefficient (Wildman–Crippen LogP) is 1.98. The molecular weight excluding hydrogens is 332 g/mol. The van der Waals surface area contributed by atoms with E-state index in [0.717, 1.165) is 37.9 Å². The molecule has 25 heavy (non-hydrogen) atoms. The Balaban J connectivity index is 1.54. The molecule has 1 saturated heterocycles. The fraction of sp³-hybridized carbons (Fsp3) is 0.389. The number of aliphatic imine (C=N–C) groups is 1. The largest absolute Gasteiger partial charge is 0.370 e. The molecule has 1 aliphatic rings. The lowest BCUT2D eigenvalue weighted by atomic mass is 10.1. The molecule has 2 N–H and O–H groups in total. The Kier molecular flexibility index (Phi) is 6.11. The lowest BCUT2D eigenvalue weighted by Gasteiger charge is -2.35. The van der Waals surface area contributed by atoms with E-state index >= 15 is 0 Å². The first kappa shape index (κ1) is 17.5. The van der Waals surface area contributed by atoms with E-state index in [9.17, 15) is 0 Å². The average molecular weight is 356 g/mol. The molecular formula is C18H24N6S. The molecule has 7 heteroatoms. The Hall–Kier alpha value is -2.28. The summed E-state index contributed by atoms with van der Waals surface area (Å²) in [4.78, 5) is 17.5. The molecule has 0 spiro atoms. The lowest BCUT2D eigenvalue weighted by Crippen LogP contribution is -2.51. The van der Waals surface area contributed by atoms with Crippen molar-refractivity contribution in [3.05, 3.63) is 53.9 Å². The van der Waals surface area contributed by atoms with Crippen LogP contribution in [0.5, 0.6) is 0 Å². The van der Waals surface area contributed by atoms with Crippen molar-refractivity contribution in [3.63, 3.8) is 0 Å². The average Bonchev–Trinajstić information content (AvgIpc) is 2.67. The zero-order valence-corrected chi connectivity index (χ0v) is 15.3. The Bertz CT molecular complexity index is 698. The van der Waals surface area contributed by atoms with Crippen LogP contribution in [-0.2, 0) is 12.3 Å². The summed E-state index contributed by atoms with van der Waals surface area (Å²) in [5, 5.41) is 0. The van der Waals surface area contributed by atoms with Crippen molar-refractivity contribution in [2.45, 2.75) is 12.3 Å². The number of piperazine rings is 1. The van der Waals surface area contributed by atoms with Crippen molar-refractivity contribution in [1.29, 1.82) is 0 Å². The number of hydrogen-bond acceptors (Lipinski definition) is 5. The second-order valence-electron chi connectivity index (χ2n) is 5.95. The number of benzene rings is 1. The summed E-state index contributed by atoms with van der Waals surface area (Å²) in [6.45, 7) is 3.99. The first-order valence-corrected chi connectivity index (χ1v) is 9.79. The summed E-state index contributed by atoms with van der Waals surface area (Å²) in [6.07, 6.45) is 5.66. The molecule has 6 nitrogen and oxygen atoms in total. The van der Waals surface area contributed by atoms with Gasteiger partial charge in [-0.1, -0.05) is 24.3 Å². The number of aromatic nitrogens is 2. The molecule has 1 aliphatic heterocycles. The van der Waals surface area contributed by atoms with Crippen LogP contribution in [0.25, 0.3) is 0 Å². The van der Waals surface area contributed by atoms with Crippen LogP contribution in [0.2, 0.25) is 0 Å². The van der Waals surface area contributed by atoms with Crippen molar-refractivity contribution in [1.82, 2.24) is 14.9 Å². The van der Waals surface area contributed by atoms with E-state index in [0.29, 0.717) is 12.5 Å². The molecule has 1 aromatic heterocycles. The second-order valence-corrected chi connectivity index (χ2v) is 6.82. The summed E-state index contributed by atoms with van der Waals surface area (Å²) >= 11 is 1.83. The molecule has 2 heterocycles. The van der Waals surface area contributed by atoms with Gasteiger partial charge in [-0.05, 0) is 23.4 Å². The standard InChI is InChI=1S/C18H24N6S/c1-25-14-16-5-2-4-15(12-16)13-22-17(19)23-8-10-24(11-9-23)18-20-6-3-7-21-18/h2-7,12H,8-11,13-14H2,1H3,(H2,19,22). The van der Waals surface area contributed by atoms with E-state index in [4.69, 9.17) is 5.73 Å². The summed E-state index contributed by atoms with van der Waals surface area (Å²) < 4.78 is 0. The van der Waals surface area contributed by atoms with E-state index in [1.807, 2.05) is 17.8 Å². The summed E-state index contributed by atoms with van der Waals surface area (Å²) in [5.41, 5.74) is 8.73. The van der Waals surface area contributed by atoms with Gasteiger partial charge < -0.3 is 15.5 Å². The van der Waals surface area contributed by atoms with E-state index in [1.54, 1.807) is 12.4 Å². The predicted molar refractivity (Wildman–Crippen MR) is 105 cm³/mol. The van der Waals surface area contributed by atoms with Crippen LogP contribution < -0.4 is 10.6 Å². The van der Waals surface area contributed by atoms with Crippen molar-refractivity contribution >= 4 is 23.7 Å². The van der Waals surface area contributed by atoms with Gasteiger partial charge in [0.2, 0.25) is 5.95 Å². The van der Waals surface area contributed by atoms with E-state index in [-0.39, 0.29) is 0 Å². The molecule has 3 rings (SSSR count). The zero-order chi connectivity index (χ0) is 17.5. The Labute approximate surface area is 153 Å². The van der Waals surface area contributed by atoms with Gasteiger partial charge in [0.15, 0.2) is 5.96 Å². The van der Waals surface area contributed by atoms with Crippen LogP contribution in [0, 0.1) is 0 Å². The summed E-state index contributed by atoms with van der Waals surface area (Å²) in [7, 11) is 0. The quantitative estimate of drug-likeness (QED) is 0.652. The Morgan fingerprint density at radius 2 is 1.84 bits per heavy atom. The third kappa shape index (κ3) is 4.85. The number of guanidine groups is 1.